The summed E-state index contributed by atoms with van der Waals surface area (Å²) in [5.41, 5.74) is 10.3. The first-order chi connectivity index (χ1) is 4.83. The second kappa shape index (κ2) is 16.0. The third-order valence-corrected chi connectivity index (χ3v) is 0.642. The van der Waals surface area contributed by atoms with E-state index in [9.17, 15) is 0 Å². The van der Waals surface area contributed by atoms with Crippen molar-refractivity contribution in [1.29, 1.82) is 0 Å². The molecule has 10 heavy (non-hydrogen) atoms. The van der Waals surface area contributed by atoms with E-state index in [0.717, 1.165) is 19.4 Å². The van der Waals surface area contributed by atoms with Gasteiger partial charge in [-0.1, -0.05) is 13.2 Å². The van der Waals surface area contributed by atoms with E-state index in [1.54, 1.807) is 0 Å². The van der Waals surface area contributed by atoms with Crippen molar-refractivity contribution < 1.29 is 0 Å². The quantitative estimate of drug-likeness (QED) is 0.352. The van der Waals surface area contributed by atoms with Gasteiger partial charge in [-0.2, -0.15) is 0 Å². The minimum absolute atomic E-state index is 0.694. The van der Waals surface area contributed by atoms with Gasteiger partial charge in [0.1, 0.15) is 0 Å². The van der Waals surface area contributed by atoms with Gasteiger partial charge >= 0.3 is 0 Å². The highest BCUT2D eigenvalue weighted by Crippen LogP contribution is 1.49. The Kier molecular flexibility index (Phi) is 20.1. The topological polar surface area (TPSA) is 64.1 Å². The third-order valence-electron chi connectivity index (χ3n) is 0.642. The monoisotopic (exact) mass is 143 g/mol. The standard InChI is InChI=1S/C4H13N3.C2H5B/c5-1-3-7-4-2-6;1-2-3/h7H,1-6H2;2H2,1H3. The van der Waals surface area contributed by atoms with Crippen LogP contribution in [0.5, 0.6) is 0 Å². The average molecular weight is 143 g/mol. The number of hydrogen-bond donors (Lipinski definition) is 3. The molecule has 0 aliphatic carbocycles. The molecule has 0 aliphatic heterocycles. The molecule has 4 heteroatoms. The molecule has 3 nitrogen and oxygen atoms in total. The molecule has 0 saturated heterocycles. The summed E-state index contributed by atoms with van der Waals surface area (Å²) < 4.78 is 0. The Hall–Kier alpha value is -0.0551. The molecule has 2 radical (unpaired) electrons. The zero-order valence-electron chi connectivity index (χ0n) is 6.77. The fourth-order valence-electron chi connectivity index (χ4n) is 0.329. The molecule has 0 amide bonds. The fraction of sp³-hybridized carbons (Fsp3) is 1.00. The predicted octanol–water partition coefficient (Wildman–Crippen LogP) is -0.913. The molecule has 0 aromatic heterocycles. The van der Waals surface area contributed by atoms with Crippen molar-refractivity contribution in [3.8, 4) is 0 Å². The molecular formula is C6H18BN3. The molecule has 0 spiro atoms. The second-order valence-corrected chi connectivity index (χ2v) is 1.74. The Morgan fingerprint density at radius 1 is 1.20 bits per heavy atom. The molecule has 0 aromatic carbocycles. The Morgan fingerprint density at radius 3 is 1.70 bits per heavy atom. The summed E-state index contributed by atoms with van der Waals surface area (Å²) in [4.78, 5) is 0. The van der Waals surface area contributed by atoms with Gasteiger partial charge in [-0.15, -0.1) is 0 Å². The molecule has 0 fully saturated rings. The van der Waals surface area contributed by atoms with Crippen LogP contribution in [0.15, 0.2) is 0 Å². The van der Waals surface area contributed by atoms with E-state index >= 15 is 0 Å². The van der Waals surface area contributed by atoms with E-state index < -0.39 is 0 Å². The number of hydrogen-bond acceptors (Lipinski definition) is 3. The first-order valence-electron chi connectivity index (χ1n) is 3.64. The lowest BCUT2D eigenvalue weighted by Crippen LogP contribution is -2.27. The third kappa shape index (κ3) is 24.6. The number of rotatable bonds is 4. The highest BCUT2D eigenvalue weighted by atomic mass is 14.9. The van der Waals surface area contributed by atoms with Crippen molar-refractivity contribution in [2.75, 3.05) is 26.2 Å². The summed E-state index contributed by atoms with van der Waals surface area (Å²) >= 11 is 0. The van der Waals surface area contributed by atoms with Crippen LogP contribution >= 0.6 is 0 Å². The molecule has 0 aromatic rings. The van der Waals surface area contributed by atoms with Crippen LogP contribution in [0.1, 0.15) is 6.92 Å². The Balaban J connectivity index is 0. The molecule has 0 bridgehead atoms. The molecule has 60 valence electrons. The van der Waals surface area contributed by atoms with Crippen molar-refractivity contribution in [1.82, 2.24) is 5.32 Å². The number of nitrogens with two attached hydrogens (primary N) is 2. The van der Waals surface area contributed by atoms with Crippen LogP contribution in [-0.4, -0.2) is 34.0 Å². The van der Waals surface area contributed by atoms with Gasteiger partial charge in [-0.05, 0) is 0 Å². The lowest BCUT2D eigenvalue weighted by atomic mass is 10.1. The molecule has 5 N–H and O–H groups in total. The molecule has 0 rings (SSSR count). The van der Waals surface area contributed by atoms with E-state index in [1.165, 1.54) is 0 Å². The normalized spacial score (nSPS) is 8.30. The fourth-order valence-corrected chi connectivity index (χ4v) is 0.329. The minimum Gasteiger partial charge on any atom is -0.329 e. The lowest BCUT2D eigenvalue weighted by Gasteiger charge is -1.95. The van der Waals surface area contributed by atoms with Crippen molar-refractivity contribution in [2.45, 2.75) is 13.2 Å². The summed E-state index contributed by atoms with van der Waals surface area (Å²) in [5.74, 6) is 0. The van der Waals surface area contributed by atoms with Crippen LogP contribution in [0, 0.1) is 0 Å². The zero-order chi connectivity index (χ0) is 8.24. The summed E-state index contributed by atoms with van der Waals surface area (Å²) in [6.45, 7) is 5.04. The van der Waals surface area contributed by atoms with Gasteiger partial charge < -0.3 is 16.8 Å². The first kappa shape index (κ1) is 12.6. The minimum atomic E-state index is 0.694. The van der Waals surface area contributed by atoms with Gasteiger partial charge in [0.15, 0.2) is 0 Å². The maximum atomic E-state index is 5.17. The highest BCUT2D eigenvalue weighted by molar-refractivity contribution is 6.08. The SMILES string of the molecule is NCCNCCN.[B]CC. The van der Waals surface area contributed by atoms with Gasteiger partial charge in [0.2, 0.25) is 0 Å². The summed E-state index contributed by atoms with van der Waals surface area (Å²) in [5, 5.41) is 3.03. The van der Waals surface area contributed by atoms with Crippen molar-refractivity contribution in [3.05, 3.63) is 0 Å². The Bertz CT molecular complexity index is 40.0. The summed E-state index contributed by atoms with van der Waals surface area (Å²) in [6.07, 6.45) is 0.750. The van der Waals surface area contributed by atoms with E-state index in [4.69, 9.17) is 19.3 Å². The number of nitrogens with one attached hydrogen (secondary N) is 1. The molecule has 0 saturated carbocycles. The molecule has 0 aliphatic rings. The maximum Gasteiger partial charge on any atom is 0.0649 e. The predicted molar refractivity (Wildman–Crippen MR) is 47.2 cm³/mol. The van der Waals surface area contributed by atoms with Crippen LogP contribution in [0.25, 0.3) is 0 Å². The van der Waals surface area contributed by atoms with Crippen LogP contribution in [0.3, 0.4) is 0 Å². The average Bonchev–Trinajstić information content (AvgIpc) is 1.91. The van der Waals surface area contributed by atoms with Gasteiger partial charge in [0, 0.05) is 26.2 Å². The van der Waals surface area contributed by atoms with Gasteiger partial charge in [-0.25, -0.2) is 0 Å². The van der Waals surface area contributed by atoms with E-state index in [1.807, 2.05) is 6.92 Å². The van der Waals surface area contributed by atoms with Gasteiger partial charge in [0.05, 0.1) is 7.85 Å². The molecule has 0 atom stereocenters. The smallest absolute Gasteiger partial charge is 0.0649 e. The first-order valence-corrected chi connectivity index (χ1v) is 3.64. The van der Waals surface area contributed by atoms with Crippen LogP contribution in [0.2, 0.25) is 6.32 Å². The summed E-state index contributed by atoms with van der Waals surface area (Å²) in [6, 6.07) is 0. The van der Waals surface area contributed by atoms with E-state index in [-0.39, 0.29) is 0 Å². The molecular weight excluding hydrogens is 125 g/mol. The van der Waals surface area contributed by atoms with Gasteiger partial charge in [-0.3, -0.25) is 0 Å². The van der Waals surface area contributed by atoms with Crippen LogP contribution in [0.4, 0.5) is 0 Å². The highest BCUT2D eigenvalue weighted by Gasteiger charge is 1.76. The summed E-state index contributed by atoms with van der Waals surface area (Å²) in [7, 11) is 4.85. The van der Waals surface area contributed by atoms with Crippen molar-refractivity contribution in [2.24, 2.45) is 11.5 Å². The van der Waals surface area contributed by atoms with Crippen molar-refractivity contribution >= 4 is 7.85 Å². The van der Waals surface area contributed by atoms with Gasteiger partial charge in [0.25, 0.3) is 0 Å². The lowest BCUT2D eigenvalue weighted by molar-refractivity contribution is 0.696. The Labute approximate surface area is 65.0 Å². The van der Waals surface area contributed by atoms with Crippen molar-refractivity contribution in [3.63, 3.8) is 0 Å². The van der Waals surface area contributed by atoms with E-state index in [2.05, 4.69) is 5.32 Å². The Morgan fingerprint density at radius 2 is 1.50 bits per heavy atom. The molecule has 0 heterocycles. The van der Waals surface area contributed by atoms with Crippen LogP contribution in [-0.2, 0) is 0 Å². The maximum absolute atomic E-state index is 5.17. The largest absolute Gasteiger partial charge is 0.329 e. The molecule has 0 unspecified atom stereocenters. The van der Waals surface area contributed by atoms with E-state index in [0.29, 0.717) is 13.1 Å². The second-order valence-electron chi connectivity index (χ2n) is 1.74. The van der Waals surface area contributed by atoms with Crippen LogP contribution < -0.4 is 16.8 Å². The zero-order valence-corrected chi connectivity index (χ0v) is 6.77.